The summed E-state index contributed by atoms with van der Waals surface area (Å²) in [6.45, 7) is 0.701. The van der Waals surface area contributed by atoms with Gasteiger partial charge in [0.15, 0.2) is 0 Å². The molecule has 0 spiro atoms. The van der Waals surface area contributed by atoms with Gasteiger partial charge in [0.25, 0.3) is 5.91 Å². The molecule has 1 aliphatic rings. The van der Waals surface area contributed by atoms with Gasteiger partial charge in [-0.05, 0) is 30.4 Å². The number of benzene rings is 1. The highest BCUT2D eigenvalue weighted by Gasteiger charge is 2.33. The van der Waals surface area contributed by atoms with Crippen LogP contribution in [0.15, 0.2) is 18.2 Å². The second-order valence-corrected chi connectivity index (χ2v) is 6.15. The van der Waals surface area contributed by atoms with Gasteiger partial charge in [-0.1, -0.05) is 28.8 Å². The summed E-state index contributed by atoms with van der Waals surface area (Å²) in [5.74, 6) is 1.11. The molecule has 1 aromatic rings. The van der Waals surface area contributed by atoms with Crippen molar-refractivity contribution in [3.05, 3.63) is 23.8 Å². The summed E-state index contributed by atoms with van der Waals surface area (Å²) >= 11 is 3.59. The van der Waals surface area contributed by atoms with E-state index < -0.39 is 0 Å². The molecule has 1 aromatic carbocycles. The monoisotopic (exact) mass is 355 g/mol. The molecule has 0 aromatic heterocycles. The van der Waals surface area contributed by atoms with Crippen LogP contribution in [0.4, 0.5) is 0 Å². The average Bonchev–Trinajstić information content (AvgIpc) is 3.01. The molecule has 21 heavy (non-hydrogen) atoms. The second-order valence-electron chi connectivity index (χ2n) is 5.59. The molecule has 0 bridgehead atoms. The first kappa shape index (κ1) is 16.1. The van der Waals surface area contributed by atoms with Crippen LogP contribution in [0, 0.1) is 5.41 Å². The fourth-order valence-electron chi connectivity index (χ4n) is 2.83. The van der Waals surface area contributed by atoms with E-state index in [0.717, 1.165) is 18.2 Å². The molecule has 0 heterocycles. The number of hydrogen-bond acceptors (Lipinski definition) is 3. The van der Waals surface area contributed by atoms with Crippen molar-refractivity contribution < 1.29 is 14.3 Å². The lowest BCUT2D eigenvalue weighted by molar-refractivity contribution is 0.0932. The minimum absolute atomic E-state index is 0.0956. The predicted molar refractivity (Wildman–Crippen MR) is 86.6 cm³/mol. The SMILES string of the molecule is COc1ccc(C(=O)NCC2(CBr)CCCC2)c(OC)c1. The molecular weight excluding hydrogens is 334 g/mol. The molecule has 1 fully saturated rings. The van der Waals surface area contributed by atoms with Gasteiger partial charge >= 0.3 is 0 Å². The minimum atomic E-state index is -0.0956. The number of alkyl halides is 1. The lowest BCUT2D eigenvalue weighted by Crippen LogP contribution is -2.37. The summed E-state index contributed by atoms with van der Waals surface area (Å²) < 4.78 is 10.4. The zero-order valence-electron chi connectivity index (χ0n) is 12.6. The molecule has 0 unspecified atom stereocenters. The zero-order valence-corrected chi connectivity index (χ0v) is 14.2. The average molecular weight is 356 g/mol. The Bertz CT molecular complexity index is 498. The van der Waals surface area contributed by atoms with E-state index in [9.17, 15) is 4.79 Å². The Morgan fingerprint density at radius 2 is 2.00 bits per heavy atom. The van der Waals surface area contributed by atoms with E-state index in [1.54, 1.807) is 32.4 Å². The summed E-state index contributed by atoms with van der Waals surface area (Å²) in [6.07, 6.45) is 4.82. The first-order valence-electron chi connectivity index (χ1n) is 7.20. The van der Waals surface area contributed by atoms with Crippen LogP contribution in [0.1, 0.15) is 36.0 Å². The van der Waals surface area contributed by atoms with E-state index in [4.69, 9.17) is 9.47 Å². The molecule has 1 saturated carbocycles. The van der Waals surface area contributed by atoms with Gasteiger partial charge in [0.2, 0.25) is 0 Å². The number of ether oxygens (including phenoxy) is 2. The molecule has 0 radical (unpaired) electrons. The van der Waals surface area contributed by atoms with Gasteiger partial charge in [0.05, 0.1) is 19.8 Å². The van der Waals surface area contributed by atoms with Gasteiger partial charge in [-0.25, -0.2) is 0 Å². The number of nitrogens with one attached hydrogen (secondary N) is 1. The van der Waals surface area contributed by atoms with Crippen LogP contribution in [0.2, 0.25) is 0 Å². The van der Waals surface area contributed by atoms with E-state index in [-0.39, 0.29) is 11.3 Å². The van der Waals surface area contributed by atoms with Crippen molar-refractivity contribution in [1.29, 1.82) is 0 Å². The summed E-state index contributed by atoms with van der Waals surface area (Å²) in [5, 5.41) is 3.99. The van der Waals surface area contributed by atoms with Crippen LogP contribution in [0.3, 0.4) is 0 Å². The Morgan fingerprint density at radius 1 is 1.29 bits per heavy atom. The van der Waals surface area contributed by atoms with Crippen LogP contribution >= 0.6 is 15.9 Å². The van der Waals surface area contributed by atoms with Crippen molar-refractivity contribution in [2.75, 3.05) is 26.1 Å². The lowest BCUT2D eigenvalue weighted by atomic mass is 9.89. The topological polar surface area (TPSA) is 47.6 Å². The number of halogens is 1. The largest absolute Gasteiger partial charge is 0.497 e. The summed E-state index contributed by atoms with van der Waals surface area (Å²) in [5.41, 5.74) is 0.746. The highest BCUT2D eigenvalue weighted by Crippen LogP contribution is 2.39. The number of carbonyl (C=O) groups excluding carboxylic acids is 1. The van der Waals surface area contributed by atoms with Crippen LogP contribution in [-0.4, -0.2) is 32.0 Å². The van der Waals surface area contributed by atoms with Crippen LogP contribution in [0.25, 0.3) is 0 Å². The number of hydrogen-bond donors (Lipinski definition) is 1. The van der Waals surface area contributed by atoms with Gasteiger partial charge in [-0.15, -0.1) is 0 Å². The molecule has 0 saturated heterocycles. The maximum Gasteiger partial charge on any atom is 0.255 e. The van der Waals surface area contributed by atoms with Gasteiger partial charge in [-0.3, -0.25) is 4.79 Å². The number of methoxy groups -OCH3 is 2. The number of rotatable bonds is 6. The first-order valence-corrected chi connectivity index (χ1v) is 8.32. The van der Waals surface area contributed by atoms with E-state index in [1.807, 2.05) is 0 Å². The van der Waals surface area contributed by atoms with Crippen LogP contribution in [0.5, 0.6) is 11.5 Å². The van der Waals surface area contributed by atoms with Gasteiger partial charge in [0, 0.05) is 17.9 Å². The first-order chi connectivity index (χ1) is 10.1. The third-order valence-corrected chi connectivity index (χ3v) is 5.41. The summed E-state index contributed by atoms with van der Waals surface area (Å²) in [4.78, 5) is 12.4. The molecule has 116 valence electrons. The normalized spacial score (nSPS) is 16.5. The molecule has 5 heteroatoms. The number of amides is 1. The van der Waals surface area contributed by atoms with Crippen molar-refractivity contribution in [1.82, 2.24) is 5.32 Å². The Morgan fingerprint density at radius 3 is 2.57 bits per heavy atom. The molecule has 2 rings (SSSR count). The predicted octanol–water partition coefficient (Wildman–Crippen LogP) is 3.39. The molecule has 0 atom stereocenters. The quantitative estimate of drug-likeness (QED) is 0.795. The maximum absolute atomic E-state index is 12.4. The third kappa shape index (κ3) is 3.70. The van der Waals surface area contributed by atoms with Crippen molar-refractivity contribution in [3.8, 4) is 11.5 Å². The van der Waals surface area contributed by atoms with Gasteiger partial charge in [-0.2, -0.15) is 0 Å². The van der Waals surface area contributed by atoms with E-state index in [0.29, 0.717) is 23.6 Å². The van der Waals surface area contributed by atoms with Crippen molar-refractivity contribution >= 4 is 21.8 Å². The fraction of sp³-hybridized carbons (Fsp3) is 0.562. The summed E-state index contributed by atoms with van der Waals surface area (Å²) in [6, 6.07) is 5.24. The Labute approximate surface area is 134 Å². The van der Waals surface area contributed by atoms with E-state index in [2.05, 4.69) is 21.2 Å². The van der Waals surface area contributed by atoms with Gasteiger partial charge in [0.1, 0.15) is 11.5 Å². The Balaban J connectivity index is 2.06. The van der Waals surface area contributed by atoms with Crippen molar-refractivity contribution in [3.63, 3.8) is 0 Å². The fourth-order valence-corrected chi connectivity index (χ4v) is 3.59. The van der Waals surface area contributed by atoms with Crippen LogP contribution < -0.4 is 14.8 Å². The molecule has 1 N–H and O–H groups in total. The molecule has 4 nitrogen and oxygen atoms in total. The molecule has 1 aliphatic carbocycles. The third-order valence-electron chi connectivity index (χ3n) is 4.22. The standard InChI is InChI=1S/C16H22BrNO3/c1-20-12-5-6-13(14(9-12)21-2)15(19)18-11-16(10-17)7-3-4-8-16/h5-6,9H,3-4,7-8,10-11H2,1-2H3,(H,18,19). The highest BCUT2D eigenvalue weighted by atomic mass is 79.9. The van der Waals surface area contributed by atoms with Crippen molar-refractivity contribution in [2.45, 2.75) is 25.7 Å². The molecule has 1 amide bonds. The summed E-state index contributed by atoms with van der Waals surface area (Å²) in [7, 11) is 3.15. The maximum atomic E-state index is 12.4. The highest BCUT2D eigenvalue weighted by molar-refractivity contribution is 9.09. The smallest absolute Gasteiger partial charge is 0.255 e. The van der Waals surface area contributed by atoms with Gasteiger partial charge < -0.3 is 14.8 Å². The number of carbonyl (C=O) groups is 1. The second kappa shape index (κ2) is 7.16. The van der Waals surface area contributed by atoms with Crippen molar-refractivity contribution in [2.24, 2.45) is 5.41 Å². The Hall–Kier alpha value is -1.23. The van der Waals surface area contributed by atoms with Crippen LogP contribution in [-0.2, 0) is 0 Å². The molecular formula is C16H22BrNO3. The van der Waals surface area contributed by atoms with E-state index in [1.165, 1.54) is 12.8 Å². The zero-order chi connectivity index (χ0) is 15.3. The lowest BCUT2D eigenvalue weighted by Gasteiger charge is -2.26. The Kier molecular flexibility index (Phi) is 5.51. The minimum Gasteiger partial charge on any atom is -0.497 e. The van der Waals surface area contributed by atoms with E-state index >= 15 is 0 Å². The molecule has 0 aliphatic heterocycles.